The van der Waals surface area contributed by atoms with Crippen LogP contribution < -0.4 is 4.74 Å². The predicted octanol–water partition coefficient (Wildman–Crippen LogP) is 5.02. The van der Waals surface area contributed by atoms with Gasteiger partial charge in [0.25, 0.3) is 0 Å². The maximum Gasteiger partial charge on any atom is 0.522 e. The Balaban J connectivity index is 2.57. The molecule has 2 nitrogen and oxygen atoms in total. The van der Waals surface area contributed by atoms with Crippen molar-refractivity contribution in [1.29, 1.82) is 0 Å². The first-order valence-corrected chi connectivity index (χ1v) is 7.41. The van der Waals surface area contributed by atoms with Gasteiger partial charge in [-0.05, 0) is 49.6 Å². The first-order chi connectivity index (χ1) is 8.33. The topological polar surface area (TPSA) is 18.5 Å². The second-order valence-electron chi connectivity index (χ2n) is 3.16. The van der Waals surface area contributed by atoms with Crippen LogP contribution in [0.4, 0.5) is 13.2 Å². The minimum atomic E-state index is -4.63. The molecule has 0 amide bonds. The Bertz CT molecular complexity index is 387. The summed E-state index contributed by atoms with van der Waals surface area (Å²) in [5.74, 6) is 0.450. The standard InChI is InChI=1S/C10H8Br3F3O2/c11-5-6-3-7(12)9(8(13)4-6)17-1-2-18-10(14,15)16/h3-4H,1-2,5H2. The third kappa shape index (κ3) is 5.46. The largest absolute Gasteiger partial charge is 0.522 e. The molecule has 0 atom stereocenters. The van der Waals surface area contributed by atoms with Crippen molar-refractivity contribution in [1.82, 2.24) is 0 Å². The lowest BCUT2D eigenvalue weighted by Crippen LogP contribution is -2.18. The van der Waals surface area contributed by atoms with E-state index in [-0.39, 0.29) is 6.61 Å². The summed E-state index contributed by atoms with van der Waals surface area (Å²) < 4.78 is 45.4. The molecule has 0 aromatic heterocycles. The Hall–Kier alpha value is 0.210. The van der Waals surface area contributed by atoms with Crippen LogP contribution in [0.15, 0.2) is 21.1 Å². The molecule has 0 radical (unpaired) electrons. The van der Waals surface area contributed by atoms with Gasteiger partial charge in [-0.25, -0.2) is 0 Å². The second kappa shape index (κ2) is 7.12. The van der Waals surface area contributed by atoms with Crippen molar-refractivity contribution in [3.05, 3.63) is 26.6 Å². The third-order valence-electron chi connectivity index (χ3n) is 1.81. The summed E-state index contributed by atoms with van der Waals surface area (Å²) in [4.78, 5) is 0. The van der Waals surface area contributed by atoms with Crippen LogP contribution in [0, 0.1) is 0 Å². The fraction of sp³-hybridized carbons (Fsp3) is 0.400. The Kier molecular flexibility index (Phi) is 6.43. The molecule has 0 spiro atoms. The Labute approximate surface area is 127 Å². The van der Waals surface area contributed by atoms with Crippen molar-refractivity contribution in [2.24, 2.45) is 0 Å². The quantitative estimate of drug-likeness (QED) is 0.457. The van der Waals surface area contributed by atoms with E-state index in [0.717, 1.165) is 5.56 Å². The molecule has 1 aromatic carbocycles. The number of benzene rings is 1. The molecule has 0 saturated heterocycles. The maximum atomic E-state index is 11.7. The van der Waals surface area contributed by atoms with E-state index in [1.54, 1.807) is 0 Å². The highest BCUT2D eigenvalue weighted by Gasteiger charge is 2.28. The fourth-order valence-corrected chi connectivity index (χ4v) is 2.96. The molecule has 1 rings (SSSR count). The van der Waals surface area contributed by atoms with Crippen LogP contribution >= 0.6 is 47.8 Å². The summed E-state index contributed by atoms with van der Waals surface area (Å²) in [6.45, 7) is -0.743. The first kappa shape index (κ1) is 16.3. The van der Waals surface area contributed by atoms with Gasteiger partial charge in [0, 0.05) is 5.33 Å². The lowest BCUT2D eigenvalue weighted by Gasteiger charge is -2.12. The van der Waals surface area contributed by atoms with Gasteiger partial charge in [-0.2, -0.15) is 0 Å². The highest BCUT2D eigenvalue weighted by molar-refractivity contribution is 9.11. The molecule has 0 saturated carbocycles. The molecular weight excluding hydrogens is 449 g/mol. The molecule has 0 N–H and O–H groups in total. The minimum absolute atomic E-state index is 0.190. The van der Waals surface area contributed by atoms with Crippen molar-refractivity contribution >= 4 is 47.8 Å². The van der Waals surface area contributed by atoms with E-state index in [1.807, 2.05) is 12.1 Å². The average Bonchev–Trinajstić information content (AvgIpc) is 2.25. The molecule has 1 aromatic rings. The van der Waals surface area contributed by atoms with Crippen molar-refractivity contribution in [2.45, 2.75) is 11.7 Å². The SMILES string of the molecule is FC(F)(F)OCCOc1c(Br)cc(CBr)cc1Br. The molecule has 0 aliphatic carbocycles. The van der Waals surface area contributed by atoms with Crippen LogP contribution in [0.1, 0.15) is 5.56 Å². The van der Waals surface area contributed by atoms with Gasteiger partial charge in [-0.15, -0.1) is 13.2 Å². The summed E-state index contributed by atoms with van der Waals surface area (Å²) in [6, 6.07) is 3.64. The van der Waals surface area contributed by atoms with Gasteiger partial charge in [0.1, 0.15) is 12.4 Å². The van der Waals surface area contributed by atoms with Gasteiger partial charge in [0.2, 0.25) is 0 Å². The maximum absolute atomic E-state index is 11.7. The number of ether oxygens (including phenoxy) is 2. The van der Waals surface area contributed by atoms with Crippen LogP contribution in [-0.4, -0.2) is 19.6 Å². The van der Waals surface area contributed by atoms with Crippen LogP contribution in [0.5, 0.6) is 5.75 Å². The van der Waals surface area contributed by atoms with Crippen molar-refractivity contribution < 1.29 is 22.6 Å². The molecule has 0 bridgehead atoms. The van der Waals surface area contributed by atoms with Crippen molar-refractivity contribution in [2.75, 3.05) is 13.2 Å². The average molecular weight is 457 g/mol. The van der Waals surface area contributed by atoms with E-state index in [2.05, 4.69) is 52.5 Å². The number of hydrogen-bond donors (Lipinski definition) is 0. The Morgan fingerprint density at radius 3 is 2.06 bits per heavy atom. The third-order valence-corrected chi connectivity index (χ3v) is 3.63. The first-order valence-electron chi connectivity index (χ1n) is 4.71. The van der Waals surface area contributed by atoms with E-state index in [1.165, 1.54) is 0 Å². The van der Waals surface area contributed by atoms with Gasteiger partial charge in [-0.1, -0.05) is 15.9 Å². The summed E-state index contributed by atoms with van der Waals surface area (Å²) in [6.07, 6.45) is -4.63. The Morgan fingerprint density at radius 2 is 1.61 bits per heavy atom. The van der Waals surface area contributed by atoms with E-state index in [0.29, 0.717) is 20.0 Å². The van der Waals surface area contributed by atoms with E-state index < -0.39 is 13.0 Å². The van der Waals surface area contributed by atoms with Crippen molar-refractivity contribution in [3.8, 4) is 5.75 Å². The summed E-state index contributed by atoms with van der Waals surface area (Å²) in [7, 11) is 0. The van der Waals surface area contributed by atoms with Gasteiger partial charge in [-0.3, -0.25) is 4.74 Å². The highest BCUT2D eigenvalue weighted by Crippen LogP contribution is 2.35. The summed E-state index contributed by atoms with van der Waals surface area (Å²) in [5, 5.41) is 0.668. The van der Waals surface area contributed by atoms with Gasteiger partial charge >= 0.3 is 6.36 Å². The molecule has 0 unspecified atom stereocenters. The predicted molar refractivity (Wildman–Crippen MR) is 72.0 cm³/mol. The van der Waals surface area contributed by atoms with Gasteiger partial charge in [0.05, 0.1) is 15.6 Å². The molecule has 0 heterocycles. The number of halogens is 6. The normalized spacial score (nSPS) is 11.7. The number of alkyl halides is 4. The molecule has 0 aliphatic heterocycles. The van der Waals surface area contributed by atoms with Crippen molar-refractivity contribution in [3.63, 3.8) is 0 Å². The lowest BCUT2D eigenvalue weighted by atomic mass is 10.2. The van der Waals surface area contributed by atoms with E-state index in [9.17, 15) is 13.2 Å². The monoisotopic (exact) mass is 454 g/mol. The van der Waals surface area contributed by atoms with Gasteiger partial charge < -0.3 is 4.74 Å². The molecule has 0 fully saturated rings. The molecule has 18 heavy (non-hydrogen) atoms. The van der Waals surface area contributed by atoms with E-state index >= 15 is 0 Å². The van der Waals surface area contributed by atoms with Crippen LogP contribution in [-0.2, 0) is 10.1 Å². The highest BCUT2D eigenvalue weighted by atomic mass is 79.9. The van der Waals surface area contributed by atoms with Gasteiger partial charge in [0.15, 0.2) is 0 Å². The van der Waals surface area contributed by atoms with E-state index in [4.69, 9.17) is 4.74 Å². The number of rotatable bonds is 5. The summed E-state index contributed by atoms with van der Waals surface area (Å²) in [5.41, 5.74) is 1.01. The fourth-order valence-electron chi connectivity index (χ4n) is 1.13. The minimum Gasteiger partial charge on any atom is -0.489 e. The smallest absolute Gasteiger partial charge is 0.489 e. The van der Waals surface area contributed by atoms with Crippen LogP contribution in [0.3, 0.4) is 0 Å². The second-order valence-corrected chi connectivity index (χ2v) is 5.43. The van der Waals surface area contributed by atoms with Crippen LogP contribution in [0.25, 0.3) is 0 Å². The summed E-state index contributed by atoms with van der Waals surface area (Å²) >= 11 is 9.89. The lowest BCUT2D eigenvalue weighted by molar-refractivity contribution is -0.325. The zero-order chi connectivity index (χ0) is 13.8. The molecule has 102 valence electrons. The number of hydrogen-bond acceptors (Lipinski definition) is 2. The molecular formula is C10H8Br3F3O2. The zero-order valence-electron chi connectivity index (χ0n) is 8.86. The molecule has 8 heteroatoms. The zero-order valence-corrected chi connectivity index (χ0v) is 13.6. The Morgan fingerprint density at radius 1 is 1.06 bits per heavy atom. The van der Waals surface area contributed by atoms with Crippen LogP contribution in [0.2, 0.25) is 0 Å². The molecule has 0 aliphatic rings.